The molecule has 4 nitrogen and oxygen atoms in total. The Morgan fingerprint density at radius 2 is 2.06 bits per heavy atom. The normalized spacial score (nSPS) is 10.1. The Kier molecular flexibility index (Phi) is 3.94. The summed E-state index contributed by atoms with van der Waals surface area (Å²) in [4.78, 5) is 17.7. The minimum Gasteiger partial charge on any atom is -0.378 e. The number of hydrogen-bond acceptors (Lipinski definition) is 4. The summed E-state index contributed by atoms with van der Waals surface area (Å²) in [6, 6.07) is 8.09. The van der Waals surface area contributed by atoms with Crippen molar-refractivity contribution < 1.29 is 4.79 Å². The molecule has 0 fully saturated rings. The molecule has 5 heteroatoms. The van der Waals surface area contributed by atoms with E-state index >= 15 is 0 Å². The van der Waals surface area contributed by atoms with Crippen LogP contribution >= 0.6 is 11.3 Å². The largest absolute Gasteiger partial charge is 0.378 e. The summed E-state index contributed by atoms with van der Waals surface area (Å²) in [5.41, 5.74) is 4.35. The molecule has 0 aliphatic heterocycles. The number of aromatic nitrogens is 1. The minimum absolute atomic E-state index is 0.132. The maximum atomic E-state index is 11.7. The standard InChI is InChI=1S/C13H15N3OS/c1-16(2)11-5-3-10(4-6-11)7-14-13(17)12-8-18-9-15-12/h3-6,8-9H,7H2,1-2H3,(H,14,17). The predicted molar refractivity (Wildman–Crippen MR) is 74.1 cm³/mol. The maximum absolute atomic E-state index is 11.7. The fourth-order valence-electron chi connectivity index (χ4n) is 1.51. The van der Waals surface area contributed by atoms with Crippen LogP contribution in [0, 0.1) is 0 Å². The van der Waals surface area contributed by atoms with Crippen LogP contribution in [0.2, 0.25) is 0 Å². The van der Waals surface area contributed by atoms with E-state index in [9.17, 15) is 4.79 Å². The van der Waals surface area contributed by atoms with E-state index in [1.165, 1.54) is 11.3 Å². The number of hydrogen-bond donors (Lipinski definition) is 1. The first-order valence-corrected chi connectivity index (χ1v) is 6.54. The number of rotatable bonds is 4. The molecule has 1 heterocycles. The van der Waals surface area contributed by atoms with Gasteiger partial charge in [-0.25, -0.2) is 4.98 Å². The number of carbonyl (C=O) groups excluding carboxylic acids is 1. The van der Waals surface area contributed by atoms with Crippen molar-refractivity contribution in [1.29, 1.82) is 0 Å². The van der Waals surface area contributed by atoms with Crippen molar-refractivity contribution >= 4 is 22.9 Å². The summed E-state index contributed by atoms with van der Waals surface area (Å²) in [6.07, 6.45) is 0. The predicted octanol–water partition coefficient (Wildman–Crippen LogP) is 2.14. The van der Waals surface area contributed by atoms with Crippen LogP contribution in [0.4, 0.5) is 5.69 Å². The Labute approximate surface area is 110 Å². The summed E-state index contributed by atoms with van der Waals surface area (Å²) in [5.74, 6) is -0.132. The zero-order valence-electron chi connectivity index (χ0n) is 10.4. The van der Waals surface area contributed by atoms with Gasteiger partial charge in [0.15, 0.2) is 0 Å². The third kappa shape index (κ3) is 3.07. The van der Waals surface area contributed by atoms with E-state index in [0.29, 0.717) is 12.2 Å². The van der Waals surface area contributed by atoms with Gasteiger partial charge in [0.05, 0.1) is 5.51 Å². The van der Waals surface area contributed by atoms with Gasteiger partial charge in [-0.1, -0.05) is 12.1 Å². The van der Waals surface area contributed by atoms with Crippen LogP contribution in [0.1, 0.15) is 16.1 Å². The van der Waals surface area contributed by atoms with Crippen LogP contribution < -0.4 is 10.2 Å². The zero-order valence-corrected chi connectivity index (χ0v) is 11.2. The summed E-state index contributed by atoms with van der Waals surface area (Å²) < 4.78 is 0. The van der Waals surface area contributed by atoms with Crippen LogP contribution in [0.3, 0.4) is 0 Å². The van der Waals surface area contributed by atoms with Crippen LogP contribution in [0.5, 0.6) is 0 Å². The van der Waals surface area contributed by atoms with Gasteiger partial charge in [-0.15, -0.1) is 11.3 Å². The van der Waals surface area contributed by atoms with E-state index in [2.05, 4.69) is 10.3 Å². The molecule has 0 bridgehead atoms. The molecule has 1 N–H and O–H groups in total. The van der Waals surface area contributed by atoms with Gasteiger partial charge in [0, 0.05) is 31.7 Å². The lowest BCUT2D eigenvalue weighted by Crippen LogP contribution is -2.23. The van der Waals surface area contributed by atoms with Crippen molar-refractivity contribution in [1.82, 2.24) is 10.3 Å². The van der Waals surface area contributed by atoms with Gasteiger partial charge in [-0.3, -0.25) is 4.79 Å². The van der Waals surface area contributed by atoms with E-state index in [1.54, 1.807) is 10.9 Å². The summed E-state index contributed by atoms with van der Waals surface area (Å²) >= 11 is 1.42. The maximum Gasteiger partial charge on any atom is 0.271 e. The molecule has 0 aliphatic rings. The fraction of sp³-hybridized carbons (Fsp3) is 0.231. The molecular weight excluding hydrogens is 246 g/mol. The first kappa shape index (κ1) is 12.6. The second-order valence-corrected chi connectivity index (χ2v) is 4.84. The Hall–Kier alpha value is -1.88. The molecule has 1 amide bonds. The van der Waals surface area contributed by atoms with Crippen LogP contribution in [-0.2, 0) is 6.54 Å². The lowest BCUT2D eigenvalue weighted by Gasteiger charge is -2.12. The second-order valence-electron chi connectivity index (χ2n) is 4.12. The van der Waals surface area contributed by atoms with Crippen molar-refractivity contribution in [2.24, 2.45) is 0 Å². The van der Waals surface area contributed by atoms with Gasteiger partial charge in [0.25, 0.3) is 5.91 Å². The first-order chi connectivity index (χ1) is 8.66. The molecule has 2 aromatic rings. The van der Waals surface area contributed by atoms with Crippen molar-refractivity contribution in [2.45, 2.75) is 6.54 Å². The molecule has 94 valence electrons. The number of carbonyl (C=O) groups is 1. The van der Waals surface area contributed by atoms with E-state index in [0.717, 1.165) is 11.3 Å². The second kappa shape index (κ2) is 5.64. The van der Waals surface area contributed by atoms with Crippen LogP contribution in [0.25, 0.3) is 0 Å². The van der Waals surface area contributed by atoms with Gasteiger partial charge in [-0.2, -0.15) is 0 Å². The van der Waals surface area contributed by atoms with Crippen molar-refractivity contribution in [3.05, 3.63) is 46.4 Å². The average Bonchev–Trinajstić information content (AvgIpc) is 2.90. The highest BCUT2D eigenvalue weighted by Crippen LogP contribution is 2.12. The molecule has 0 atom stereocenters. The number of amides is 1. The van der Waals surface area contributed by atoms with Gasteiger partial charge in [0.2, 0.25) is 0 Å². The Morgan fingerprint density at radius 3 is 2.61 bits per heavy atom. The molecule has 0 saturated carbocycles. The number of thiazole rings is 1. The van der Waals surface area contributed by atoms with Crippen LogP contribution in [-0.4, -0.2) is 25.0 Å². The van der Waals surface area contributed by atoms with E-state index in [-0.39, 0.29) is 5.91 Å². The molecule has 0 spiro atoms. The highest BCUT2D eigenvalue weighted by atomic mass is 32.1. The third-order valence-electron chi connectivity index (χ3n) is 2.57. The average molecular weight is 261 g/mol. The molecule has 2 rings (SSSR count). The number of nitrogens with one attached hydrogen (secondary N) is 1. The number of benzene rings is 1. The first-order valence-electron chi connectivity index (χ1n) is 5.59. The quantitative estimate of drug-likeness (QED) is 0.917. The molecule has 18 heavy (non-hydrogen) atoms. The fourth-order valence-corrected chi connectivity index (χ4v) is 2.04. The van der Waals surface area contributed by atoms with Gasteiger partial charge >= 0.3 is 0 Å². The number of anilines is 1. The lowest BCUT2D eigenvalue weighted by atomic mass is 10.2. The monoisotopic (exact) mass is 261 g/mol. The lowest BCUT2D eigenvalue weighted by molar-refractivity contribution is 0.0946. The highest BCUT2D eigenvalue weighted by molar-refractivity contribution is 7.07. The summed E-state index contributed by atoms with van der Waals surface area (Å²) in [6.45, 7) is 0.518. The molecule has 0 unspecified atom stereocenters. The summed E-state index contributed by atoms with van der Waals surface area (Å²) in [7, 11) is 4.00. The van der Waals surface area contributed by atoms with Crippen molar-refractivity contribution in [3.63, 3.8) is 0 Å². The van der Waals surface area contributed by atoms with Crippen LogP contribution in [0.15, 0.2) is 35.2 Å². The minimum atomic E-state index is -0.132. The highest BCUT2D eigenvalue weighted by Gasteiger charge is 2.06. The Morgan fingerprint density at radius 1 is 1.33 bits per heavy atom. The third-order valence-corrected chi connectivity index (χ3v) is 3.16. The Bertz CT molecular complexity index is 506. The van der Waals surface area contributed by atoms with E-state index in [4.69, 9.17) is 0 Å². The number of nitrogens with zero attached hydrogens (tertiary/aromatic N) is 2. The molecule has 1 aromatic carbocycles. The summed E-state index contributed by atoms with van der Waals surface area (Å²) in [5, 5.41) is 4.58. The Balaban J connectivity index is 1.92. The van der Waals surface area contributed by atoms with Gasteiger partial charge in [0.1, 0.15) is 5.69 Å². The topological polar surface area (TPSA) is 45.2 Å². The van der Waals surface area contributed by atoms with Gasteiger partial charge in [-0.05, 0) is 17.7 Å². The van der Waals surface area contributed by atoms with Gasteiger partial charge < -0.3 is 10.2 Å². The smallest absolute Gasteiger partial charge is 0.271 e. The molecule has 0 aliphatic carbocycles. The molecule has 0 radical (unpaired) electrons. The molecule has 0 saturated heterocycles. The molecule has 1 aromatic heterocycles. The van der Waals surface area contributed by atoms with Crippen molar-refractivity contribution in [3.8, 4) is 0 Å². The van der Waals surface area contributed by atoms with E-state index < -0.39 is 0 Å². The zero-order chi connectivity index (χ0) is 13.0. The molecular formula is C13H15N3OS. The SMILES string of the molecule is CN(C)c1ccc(CNC(=O)c2cscn2)cc1. The van der Waals surface area contributed by atoms with Crippen molar-refractivity contribution in [2.75, 3.05) is 19.0 Å². The van der Waals surface area contributed by atoms with E-state index in [1.807, 2.05) is 43.3 Å².